The van der Waals surface area contributed by atoms with Crippen LogP contribution in [0.2, 0.25) is 0 Å². The molecule has 0 unspecified atom stereocenters. The predicted octanol–water partition coefficient (Wildman–Crippen LogP) is 1.99. The quantitative estimate of drug-likeness (QED) is 0.220. The number of nitrogens with zero attached hydrogens (tertiary/aromatic N) is 4. The number of guanidine groups is 1. The Morgan fingerprint density at radius 2 is 1.81 bits per heavy atom. The van der Waals surface area contributed by atoms with Gasteiger partial charge in [0, 0.05) is 45.7 Å². The van der Waals surface area contributed by atoms with Crippen molar-refractivity contribution in [2.45, 2.75) is 25.7 Å². The molecule has 1 aromatic carbocycles. The van der Waals surface area contributed by atoms with Gasteiger partial charge in [-0.15, -0.1) is 24.0 Å². The number of hydrogen-bond acceptors (Lipinski definition) is 5. The standard InChI is InChI=1S/C23H38N6O2.HI/c1-25-23(26-11-5-6-12-27-13-9-19(10-14-27)22(24)30)29-17-15-28(16-18-29)20-7-3-4-8-21(20)31-2;/h3-4,7-8,19H,5-6,9-18H2,1-2H3,(H2,24,30)(H,25,26);1H. The zero-order valence-electron chi connectivity index (χ0n) is 19.5. The maximum Gasteiger partial charge on any atom is 0.220 e. The Balaban J connectivity index is 0.00000363. The van der Waals surface area contributed by atoms with Crippen LogP contribution in [0.15, 0.2) is 29.3 Å². The number of halogens is 1. The van der Waals surface area contributed by atoms with Crippen molar-refractivity contribution in [1.82, 2.24) is 15.1 Å². The molecule has 2 saturated heterocycles. The van der Waals surface area contributed by atoms with E-state index in [1.807, 2.05) is 19.2 Å². The van der Waals surface area contributed by atoms with E-state index in [0.29, 0.717) is 0 Å². The van der Waals surface area contributed by atoms with Gasteiger partial charge in [-0.3, -0.25) is 9.79 Å². The minimum atomic E-state index is -0.140. The first-order valence-electron chi connectivity index (χ1n) is 11.5. The smallest absolute Gasteiger partial charge is 0.220 e. The zero-order chi connectivity index (χ0) is 22.1. The van der Waals surface area contributed by atoms with Gasteiger partial charge in [0.05, 0.1) is 12.8 Å². The highest BCUT2D eigenvalue weighted by Crippen LogP contribution is 2.28. The van der Waals surface area contributed by atoms with Gasteiger partial charge in [0.25, 0.3) is 0 Å². The van der Waals surface area contributed by atoms with Crippen LogP contribution < -0.4 is 20.7 Å². The van der Waals surface area contributed by atoms with Crippen molar-refractivity contribution in [3.63, 3.8) is 0 Å². The second kappa shape index (κ2) is 13.7. The first-order valence-corrected chi connectivity index (χ1v) is 11.5. The van der Waals surface area contributed by atoms with Gasteiger partial charge in [-0.2, -0.15) is 0 Å². The number of aliphatic imine (C=N–C) groups is 1. The number of piperazine rings is 1. The third-order valence-corrected chi connectivity index (χ3v) is 6.39. The van der Waals surface area contributed by atoms with Gasteiger partial charge in [0.1, 0.15) is 5.75 Å². The van der Waals surface area contributed by atoms with Crippen molar-refractivity contribution in [3.8, 4) is 5.75 Å². The van der Waals surface area contributed by atoms with Gasteiger partial charge in [-0.05, 0) is 57.5 Å². The van der Waals surface area contributed by atoms with E-state index in [9.17, 15) is 4.79 Å². The van der Waals surface area contributed by atoms with Crippen LogP contribution in [-0.4, -0.2) is 88.2 Å². The van der Waals surface area contributed by atoms with Crippen LogP contribution in [0.1, 0.15) is 25.7 Å². The minimum absolute atomic E-state index is 0. The SMILES string of the molecule is CN=C(NCCCCN1CCC(C(N)=O)CC1)N1CCN(c2ccccc2OC)CC1.I. The van der Waals surface area contributed by atoms with Gasteiger partial charge < -0.3 is 30.5 Å². The van der Waals surface area contributed by atoms with Crippen molar-refractivity contribution in [3.05, 3.63) is 24.3 Å². The maximum absolute atomic E-state index is 11.3. The Labute approximate surface area is 209 Å². The molecular weight excluding hydrogens is 519 g/mol. The predicted molar refractivity (Wildman–Crippen MR) is 141 cm³/mol. The molecule has 180 valence electrons. The number of amides is 1. The summed E-state index contributed by atoms with van der Waals surface area (Å²) in [5.41, 5.74) is 6.58. The van der Waals surface area contributed by atoms with Crippen LogP contribution in [0.5, 0.6) is 5.75 Å². The molecule has 0 aromatic heterocycles. The molecule has 1 amide bonds. The number of rotatable bonds is 8. The van der Waals surface area contributed by atoms with Crippen molar-refractivity contribution in [2.24, 2.45) is 16.6 Å². The Morgan fingerprint density at radius 1 is 1.12 bits per heavy atom. The van der Waals surface area contributed by atoms with Gasteiger partial charge in [-0.1, -0.05) is 12.1 Å². The van der Waals surface area contributed by atoms with E-state index in [2.05, 4.69) is 37.1 Å². The maximum atomic E-state index is 11.3. The summed E-state index contributed by atoms with van der Waals surface area (Å²) in [6, 6.07) is 8.21. The van der Waals surface area contributed by atoms with E-state index in [1.165, 1.54) is 0 Å². The molecule has 2 aliphatic heterocycles. The van der Waals surface area contributed by atoms with E-state index >= 15 is 0 Å². The summed E-state index contributed by atoms with van der Waals surface area (Å²) in [5.74, 6) is 1.85. The molecule has 32 heavy (non-hydrogen) atoms. The molecule has 9 heteroatoms. The number of para-hydroxylation sites is 2. The number of likely N-dealkylation sites (tertiary alicyclic amines) is 1. The Morgan fingerprint density at radius 3 is 2.44 bits per heavy atom. The molecule has 2 fully saturated rings. The van der Waals surface area contributed by atoms with Crippen molar-refractivity contribution < 1.29 is 9.53 Å². The molecule has 2 aliphatic rings. The molecule has 0 radical (unpaired) electrons. The summed E-state index contributed by atoms with van der Waals surface area (Å²) in [6.07, 6.45) is 4.06. The van der Waals surface area contributed by atoms with Gasteiger partial charge >= 0.3 is 0 Å². The van der Waals surface area contributed by atoms with E-state index in [-0.39, 0.29) is 35.8 Å². The molecule has 0 atom stereocenters. The lowest BCUT2D eigenvalue weighted by Gasteiger charge is -2.38. The summed E-state index contributed by atoms with van der Waals surface area (Å²) in [4.78, 5) is 22.9. The number of benzene rings is 1. The normalized spacial score (nSPS) is 18.2. The fourth-order valence-corrected chi connectivity index (χ4v) is 4.48. The van der Waals surface area contributed by atoms with Crippen LogP contribution in [0.4, 0.5) is 5.69 Å². The largest absolute Gasteiger partial charge is 0.495 e. The van der Waals surface area contributed by atoms with Crippen LogP contribution in [0.3, 0.4) is 0 Å². The van der Waals surface area contributed by atoms with E-state index in [1.54, 1.807) is 7.11 Å². The number of primary amides is 1. The molecule has 2 heterocycles. The highest BCUT2D eigenvalue weighted by Gasteiger charge is 2.23. The third-order valence-electron chi connectivity index (χ3n) is 6.39. The topological polar surface area (TPSA) is 86.4 Å². The molecule has 8 nitrogen and oxygen atoms in total. The lowest BCUT2D eigenvalue weighted by molar-refractivity contribution is -0.123. The average Bonchev–Trinajstić information content (AvgIpc) is 2.82. The molecule has 3 N–H and O–H groups in total. The molecule has 1 aromatic rings. The van der Waals surface area contributed by atoms with Crippen molar-refractivity contribution >= 4 is 41.5 Å². The fourth-order valence-electron chi connectivity index (χ4n) is 4.48. The summed E-state index contributed by atoms with van der Waals surface area (Å²) in [6.45, 7) is 7.75. The number of methoxy groups -OCH3 is 1. The molecule has 3 rings (SSSR count). The Hall–Kier alpha value is -1.75. The third kappa shape index (κ3) is 7.40. The van der Waals surface area contributed by atoms with Crippen molar-refractivity contribution in [1.29, 1.82) is 0 Å². The van der Waals surface area contributed by atoms with Crippen LogP contribution in [-0.2, 0) is 4.79 Å². The number of anilines is 1. The Kier molecular flexibility index (Phi) is 11.4. The number of nitrogens with two attached hydrogens (primary N) is 1. The number of carbonyl (C=O) groups is 1. The van der Waals surface area contributed by atoms with E-state index in [0.717, 1.165) is 95.4 Å². The van der Waals surface area contributed by atoms with Gasteiger partial charge in [-0.25, -0.2) is 0 Å². The number of piperidine rings is 1. The van der Waals surface area contributed by atoms with Gasteiger partial charge in [0.2, 0.25) is 5.91 Å². The lowest BCUT2D eigenvalue weighted by atomic mass is 9.96. The zero-order valence-corrected chi connectivity index (χ0v) is 21.8. The van der Waals surface area contributed by atoms with Crippen molar-refractivity contribution in [2.75, 3.05) is 71.4 Å². The number of ether oxygens (including phenoxy) is 1. The number of carbonyl (C=O) groups excluding carboxylic acids is 1. The Bertz CT molecular complexity index is 731. The van der Waals surface area contributed by atoms with Crippen LogP contribution in [0.25, 0.3) is 0 Å². The highest BCUT2D eigenvalue weighted by molar-refractivity contribution is 14.0. The number of unbranched alkanes of at least 4 members (excludes halogenated alkanes) is 1. The van der Waals surface area contributed by atoms with E-state index in [4.69, 9.17) is 10.5 Å². The summed E-state index contributed by atoms with van der Waals surface area (Å²) < 4.78 is 5.51. The summed E-state index contributed by atoms with van der Waals surface area (Å²) >= 11 is 0. The van der Waals surface area contributed by atoms with Crippen LogP contribution in [0, 0.1) is 5.92 Å². The molecule has 0 spiro atoms. The lowest BCUT2D eigenvalue weighted by Crippen LogP contribution is -2.52. The van der Waals surface area contributed by atoms with E-state index < -0.39 is 0 Å². The highest BCUT2D eigenvalue weighted by atomic mass is 127. The fraction of sp³-hybridized carbons (Fsp3) is 0.652. The second-order valence-corrected chi connectivity index (χ2v) is 8.35. The minimum Gasteiger partial charge on any atom is -0.495 e. The summed E-state index contributed by atoms with van der Waals surface area (Å²) in [5, 5.41) is 3.53. The molecule has 0 saturated carbocycles. The molecule has 0 aliphatic carbocycles. The first-order chi connectivity index (χ1) is 15.1. The monoisotopic (exact) mass is 558 g/mol. The van der Waals surface area contributed by atoms with Crippen LogP contribution >= 0.6 is 24.0 Å². The van der Waals surface area contributed by atoms with Gasteiger partial charge in [0.15, 0.2) is 5.96 Å². The molecule has 0 bridgehead atoms. The second-order valence-electron chi connectivity index (χ2n) is 8.35. The number of nitrogens with one attached hydrogen (secondary N) is 1. The number of hydrogen-bond donors (Lipinski definition) is 2. The molecular formula is C23H39IN6O2. The average molecular weight is 559 g/mol. The first kappa shape index (κ1) is 26.5. The summed E-state index contributed by atoms with van der Waals surface area (Å²) in [7, 11) is 3.59.